The van der Waals surface area contributed by atoms with Crippen LogP contribution in [-0.4, -0.2) is 28.8 Å². The summed E-state index contributed by atoms with van der Waals surface area (Å²) in [6.07, 6.45) is 2.35. The van der Waals surface area contributed by atoms with Gasteiger partial charge in [0.1, 0.15) is 33.6 Å². The van der Waals surface area contributed by atoms with Crippen LogP contribution in [0.25, 0.3) is 16.6 Å². The van der Waals surface area contributed by atoms with Crippen molar-refractivity contribution in [3.63, 3.8) is 0 Å². The number of anilines is 2. The molecule has 0 aliphatic carbocycles. The summed E-state index contributed by atoms with van der Waals surface area (Å²) >= 11 is 3.34. The molecule has 3 N–H and O–H groups in total. The van der Waals surface area contributed by atoms with Crippen LogP contribution in [-0.2, 0) is 10.0 Å². The number of nitrogen functional groups attached to an aromatic ring is 1. The fourth-order valence-corrected chi connectivity index (χ4v) is 4.20. The molecule has 0 bridgehead atoms. The standard InChI is InChI=1S/C21H17BrF3N5O3S/c1-11(12-2-5-14(23)6-3-12)33-17-8-13(4-7-16(17)29-34(31,32)21(24)25)15-9-28-30-18(22)10-27-20(26)19(15)30/h2-11,21,29H,1H3,(H2,26,27). The number of sulfonamides is 1. The highest BCUT2D eigenvalue weighted by atomic mass is 79.9. The normalized spacial score (nSPS) is 12.8. The third-order valence-corrected chi connectivity index (χ3v) is 6.46. The first-order valence-electron chi connectivity index (χ1n) is 9.71. The molecule has 4 aromatic rings. The Morgan fingerprint density at radius 3 is 2.53 bits per heavy atom. The Bertz CT molecular complexity index is 1460. The van der Waals surface area contributed by atoms with Gasteiger partial charge in [-0.1, -0.05) is 18.2 Å². The van der Waals surface area contributed by atoms with Gasteiger partial charge >= 0.3 is 5.76 Å². The van der Waals surface area contributed by atoms with Gasteiger partial charge in [0, 0.05) is 5.56 Å². The lowest BCUT2D eigenvalue weighted by molar-refractivity contribution is 0.228. The topological polar surface area (TPSA) is 112 Å². The molecule has 0 aliphatic rings. The molecule has 0 fully saturated rings. The van der Waals surface area contributed by atoms with E-state index in [-0.39, 0.29) is 17.3 Å². The third kappa shape index (κ3) is 4.66. The average molecular weight is 556 g/mol. The van der Waals surface area contributed by atoms with Crippen LogP contribution in [0.15, 0.2) is 59.5 Å². The minimum Gasteiger partial charge on any atom is -0.484 e. The number of alkyl halides is 2. The molecule has 34 heavy (non-hydrogen) atoms. The lowest BCUT2D eigenvalue weighted by Crippen LogP contribution is -2.21. The number of aromatic nitrogens is 3. The summed E-state index contributed by atoms with van der Waals surface area (Å²) in [6, 6.07) is 9.78. The van der Waals surface area contributed by atoms with Crippen LogP contribution < -0.4 is 15.2 Å². The van der Waals surface area contributed by atoms with Crippen LogP contribution in [0.1, 0.15) is 18.6 Å². The highest BCUT2D eigenvalue weighted by Crippen LogP contribution is 2.37. The van der Waals surface area contributed by atoms with E-state index in [2.05, 4.69) is 26.0 Å². The number of benzene rings is 2. The number of nitrogens with zero attached hydrogens (tertiary/aromatic N) is 3. The number of hydrogen-bond donors (Lipinski definition) is 2. The van der Waals surface area contributed by atoms with E-state index in [9.17, 15) is 21.6 Å². The average Bonchev–Trinajstić information content (AvgIpc) is 3.24. The Morgan fingerprint density at radius 2 is 1.85 bits per heavy atom. The highest BCUT2D eigenvalue weighted by molar-refractivity contribution is 9.10. The molecule has 0 amide bonds. The summed E-state index contributed by atoms with van der Waals surface area (Å²) in [5.74, 6) is -3.91. The molecule has 178 valence electrons. The highest BCUT2D eigenvalue weighted by Gasteiger charge is 2.26. The minimum atomic E-state index is -4.96. The second-order valence-corrected chi connectivity index (χ2v) is 9.68. The number of hydrogen-bond acceptors (Lipinski definition) is 6. The summed E-state index contributed by atoms with van der Waals surface area (Å²) in [5.41, 5.74) is 7.97. The van der Waals surface area contributed by atoms with Gasteiger partial charge in [-0.15, -0.1) is 0 Å². The summed E-state index contributed by atoms with van der Waals surface area (Å²) < 4.78 is 72.7. The molecule has 1 atom stereocenters. The lowest BCUT2D eigenvalue weighted by atomic mass is 10.1. The maximum absolute atomic E-state index is 13.3. The number of ether oxygens (including phenoxy) is 1. The second kappa shape index (κ2) is 9.14. The molecule has 0 aliphatic heterocycles. The van der Waals surface area contributed by atoms with E-state index in [4.69, 9.17) is 10.5 Å². The van der Waals surface area contributed by atoms with Crippen LogP contribution in [0.5, 0.6) is 5.75 Å². The molecule has 2 aromatic heterocycles. The van der Waals surface area contributed by atoms with Crippen molar-refractivity contribution in [3.05, 3.63) is 70.8 Å². The number of rotatable bonds is 7. The molecule has 13 heteroatoms. The zero-order valence-corrected chi connectivity index (χ0v) is 19.8. The maximum atomic E-state index is 13.3. The minimum absolute atomic E-state index is 0.0283. The van der Waals surface area contributed by atoms with E-state index in [0.29, 0.717) is 26.8 Å². The molecule has 8 nitrogen and oxygen atoms in total. The molecule has 4 rings (SSSR count). The quantitative estimate of drug-likeness (QED) is 0.332. The molecule has 2 aromatic carbocycles. The van der Waals surface area contributed by atoms with Crippen molar-refractivity contribution in [1.82, 2.24) is 14.6 Å². The monoisotopic (exact) mass is 555 g/mol. The molecule has 0 spiro atoms. The van der Waals surface area contributed by atoms with Gasteiger partial charge in [-0.3, -0.25) is 4.72 Å². The van der Waals surface area contributed by atoms with Crippen molar-refractivity contribution in [1.29, 1.82) is 0 Å². The van der Waals surface area contributed by atoms with Gasteiger partial charge in [0.05, 0.1) is 18.1 Å². The van der Waals surface area contributed by atoms with E-state index in [1.807, 2.05) is 4.72 Å². The number of nitrogens with two attached hydrogens (primary N) is 1. The van der Waals surface area contributed by atoms with Crippen LogP contribution in [0.3, 0.4) is 0 Å². The number of fused-ring (bicyclic) bond motifs is 1. The van der Waals surface area contributed by atoms with Gasteiger partial charge in [-0.2, -0.15) is 13.9 Å². The Morgan fingerprint density at radius 1 is 1.15 bits per heavy atom. The van der Waals surface area contributed by atoms with Crippen molar-refractivity contribution < 1.29 is 26.3 Å². The van der Waals surface area contributed by atoms with Crippen molar-refractivity contribution in [3.8, 4) is 16.9 Å². The van der Waals surface area contributed by atoms with Crippen molar-refractivity contribution in [2.45, 2.75) is 18.8 Å². The van der Waals surface area contributed by atoms with E-state index in [1.54, 1.807) is 6.92 Å². The maximum Gasteiger partial charge on any atom is 0.355 e. The zero-order valence-electron chi connectivity index (χ0n) is 17.4. The van der Waals surface area contributed by atoms with E-state index in [0.717, 1.165) is 0 Å². The molecule has 0 radical (unpaired) electrons. The van der Waals surface area contributed by atoms with Gasteiger partial charge in [0.25, 0.3) is 10.0 Å². The number of halogens is 4. The Labute approximate surface area is 200 Å². The predicted octanol–water partition coefficient (Wildman–Crippen LogP) is 4.98. The third-order valence-electron chi connectivity index (χ3n) is 4.95. The lowest BCUT2D eigenvalue weighted by Gasteiger charge is -2.19. The van der Waals surface area contributed by atoms with Crippen LogP contribution in [0, 0.1) is 5.82 Å². The van der Waals surface area contributed by atoms with Gasteiger partial charge in [-0.25, -0.2) is 22.3 Å². The van der Waals surface area contributed by atoms with Crippen LogP contribution >= 0.6 is 15.9 Å². The zero-order chi connectivity index (χ0) is 24.6. The SMILES string of the molecule is CC(Oc1cc(-c2cnn3c(Br)cnc(N)c23)ccc1NS(=O)(=O)C(F)F)c1ccc(F)cc1. The summed E-state index contributed by atoms with van der Waals surface area (Å²) in [4.78, 5) is 4.10. The van der Waals surface area contributed by atoms with E-state index >= 15 is 0 Å². The first-order chi connectivity index (χ1) is 16.1. The predicted molar refractivity (Wildman–Crippen MR) is 125 cm³/mol. The Kier molecular flexibility index (Phi) is 6.41. The first kappa shape index (κ1) is 23.8. The smallest absolute Gasteiger partial charge is 0.355 e. The van der Waals surface area contributed by atoms with Crippen LogP contribution in [0.2, 0.25) is 0 Å². The molecular weight excluding hydrogens is 539 g/mol. The van der Waals surface area contributed by atoms with Gasteiger partial charge in [0.2, 0.25) is 0 Å². The molecule has 0 saturated heterocycles. The van der Waals surface area contributed by atoms with Gasteiger partial charge < -0.3 is 10.5 Å². The molecule has 2 heterocycles. The molecular formula is C21H17BrF3N5O3S. The Hall–Kier alpha value is -3.32. The van der Waals surface area contributed by atoms with E-state index < -0.39 is 27.7 Å². The molecule has 0 saturated carbocycles. The number of nitrogens with one attached hydrogen (secondary N) is 1. The largest absolute Gasteiger partial charge is 0.484 e. The summed E-state index contributed by atoms with van der Waals surface area (Å²) in [5, 5.41) is 4.27. The Balaban J connectivity index is 1.80. The van der Waals surface area contributed by atoms with Crippen molar-refractivity contribution >= 4 is 43.0 Å². The fraction of sp³-hybridized carbons (Fsp3) is 0.143. The van der Waals surface area contributed by atoms with E-state index in [1.165, 1.54) is 59.4 Å². The van der Waals surface area contributed by atoms with Gasteiger partial charge in [-0.05, 0) is 58.2 Å². The van der Waals surface area contributed by atoms with Crippen molar-refractivity contribution in [2.75, 3.05) is 10.5 Å². The fourth-order valence-electron chi connectivity index (χ4n) is 3.27. The first-order valence-corrected chi connectivity index (χ1v) is 12.0. The summed E-state index contributed by atoms with van der Waals surface area (Å²) in [7, 11) is -4.96. The summed E-state index contributed by atoms with van der Waals surface area (Å²) in [6.45, 7) is 1.65. The van der Waals surface area contributed by atoms with Gasteiger partial charge in [0.15, 0.2) is 0 Å². The second-order valence-electron chi connectivity index (χ2n) is 7.22. The van der Waals surface area contributed by atoms with Crippen molar-refractivity contribution in [2.24, 2.45) is 0 Å². The molecule has 1 unspecified atom stereocenters. The van der Waals surface area contributed by atoms with Crippen LogP contribution in [0.4, 0.5) is 24.7 Å².